The largest absolute Gasteiger partial charge is 0.448 e. The molecule has 4 nitrogen and oxygen atoms in total. The van der Waals surface area contributed by atoms with Gasteiger partial charge in [0.15, 0.2) is 0 Å². The molecule has 0 saturated carbocycles. The summed E-state index contributed by atoms with van der Waals surface area (Å²) in [5, 5.41) is 3.05. The van der Waals surface area contributed by atoms with E-state index in [1.807, 2.05) is 0 Å². The minimum atomic E-state index is -0.372. The van der Waals surface area contributed by atoms with Crippen LogP contribution in [0.5, 0.6) is 0 Å². The molecule has 0 aliphatic carbocycles. The van der Waals surface area contributed by atoms with E-state index in [-0.39, 0.29) is 6.09 Å². The number of carbonyl (C=O) groups excluding carboxylic acids is 1. The summed E-state index contributed by atoms with van der Waals surface area (Å²) < 4.78 is 4.69. The van der Waals surface area contributed by atoms with Gasteiger partial charge in [-0.25, -0.2) is 9.80 Å². The van der Waals surface area contributed by atoms with Crippen molar-refractivity contribution < 1.29 is 9.53 Å². The van der Waals surface area contributed by atoms with Crippen molar-refractivity contribution in [3.05, 3.63) is 11.6 Å². The van der Waals surface area contributed by atoms with E-state index >= 15 is 0 Å². The summed E-state index contributed by atoms with van der Waals surface area (Å²) in [4.78, 5) is 13.5. The van der Waals surface area contributed by atoms with Gasteiger partial charge in [0.1, 0.15) is 0 Å². The van der Waals surface area contributed by atoms with Gasteiger partial charge in [-0.15, -0.1) is 0 Å². The number of amides is 1. The van der Waals surface area contributed by atoms with Gasteiger partial charge in [-0.3, -0.25) is 0 Å². The lowest BCUT2D eigenvalue weighted by Gasteiger charge is -2.10. The standard InChI is InChI=1S/C5H8N2O2S/c1-2-9-5(8)7-3-4-10-6-7/h3-4,6H,2H2,1H3. The minimum absolute atomic E-state index is 0.372. The van der Waals surface area contributed by atoms with E-state index < -0.39 is 0 Å². The smallest absolute Gasteiger partial charge is 0.429 e. The second-order valence-corrected chi connectivity index (χ2v) is 2.25. The van der Waals surface area contributed by atoms with Gasteiger partial charge in [-0.2, -0.15) is 4.83 Å². The number of hydrogen-bond acceptors (Lipinski definition) is 4. The van der Waals surface area contributed by atoms with E-state index in [2.05, 4.69) is 9.57 Å². The molecule has 0 fully saturated rings. The van der Waals surface area contributed by atoms with Gasteiger partial charge < -0.3 is 4.74 Å². The number of rotatable bonds is 1. The summed E-state index contributed by atoms with van der Waals surface area (Å²) in [5.74, 6) is 0. The van der Waals surface area contributed by atoms with Crippen molar-refractivity contribution in [3.8, 4) is 0 Å². The number of ether oxygens (including phenoxy) is 1. The van der Waals surface area contributed by atoms with Crippen LogP contribution in [0.25, 0.3) is 0 Å². The lowest BCUT2D eigenvalue weighted by molar-refractivity contribution is 0.119. The van der Waals surface area contributed by atoms with Crippen molar-refractivity contribution in [2.75, 3.05) is 6.61 Å². The Bertz CT molecular complexity index is 160. The van der Waals surface area contributed by atoms with Gasteiger partial charge in [0.2, 0.25) is 0 Å². The van der Waals surface area contributed by atoms with Crippen LogP contribution in [-0.2, 0) is 4.74 Å². The summed E-state index contributed by atoms with van der Waals surface area (Å²) in [5.41, 5.74) is 0. The molecule has 0 unspecified atom stereocenters. The van der Waals surface area contributed by atoms with E-state index in [1.54, 1.807) is 18.5 Å². The average Bonchev–Trinajstić information content (AvgIpc) is 2.38. The molecule has 0 saturated heterocycles. The Morgan fingerprint density at radius 1 is 1.90 bits per heavy atom. The first-order chi connectivity index (χ1) is 4.84. The first kappa shape index (κ1) is 7.43. The molecule has 10 heavy (non-hydrogen) atoms. The molecule has 0 atom stereocenters. The molecule has 1 aliphatic rings. The first-order valence-electron chi connectivity index (χ1n) is 2.88. The van der Waals surface area contributed by atoms with Crippen molar-refractivity contribution in [2.24, 2.45) is 0 Å². The van der Waals surface area contributed by atoms with Crippen LogP contribution in [0.1, 0.15) is 6.92 Å². The Hall–Kier alpha value is -0.680. The maximum absolute atomic E-state index is 10.8. The van der Waals surface area contributed by atoms with Crippen LogP contribution in [0.2, 0.25) is 0 Å². The molecule has 0 spiro atoms. The van der Waals surface area contributed by atoms with E-state index in [1.165, 1.54) is 17.0 Å². The third kappa shape index (κ3) is 1.65. The fourth-order valence-electron chi connectivity index (χ4n) is 0.500. The second-order valence-electron chi connectivity index (χ2n) is 1.56. The highest BCUT2D eigenvalue weighted by Gasteiger charge is 2.13. The zero-order chi connectivity index (χ0) is 7.40. The Balaban J connectivity index is 2.33. The number of nitrogens with one attached hydrogen (secondary N) is 1. The second kappa shape index (κ2) is 3.48. The summed E-state index contributed by atoms with van der Waals surface area (Å²) in [6.07, 6.45) is 1.24. The van der Waals surface area contributed by atoms with Crippen LogP contribution < -0.4 is 4.83 Å². The predicted molar refractivity (Wildman–Crippen MR) is 38.7 cm³/mol. The topological polar surface area (TPSA) is 41.6 Å². The van der Waals surface area contributed by atoms with Gasteiger partial charge in [-0.05, 0) is 18.9 Å². The van der Waals surface area contributed by atoms with Crippen LogP contribution in [0.15, 0.2) is 11.6 Å². The summed E-state index contributed by atoms with van der Waals surface area (Å²) in [6.45, 7) is 2.17. The fraction of sp³-hybridized carbons (Fsp3) is 0.400. The van der Waals surface area contributed by atoms with Crippen LogP contribution in [0.4, 0.5) is 4.79 Å². The first-order valence-corrected chi connectivity index (χ1v) is 3.76. The highest BCUT2D eigenvalue weighted by atomic mass is 32.2. The third-order valence-electron chi connectivity index (χ3n) is 0.894. The van der Waals surface area contributed by atoms with Crippen molar-refractivity contribution in [3.63, 3.8) is 0 Å². The number of hydrogen-bond donors (Lipinski definition) is 1. The quantitative estimate of drug-likeness (QED) is 0.583. The third-order valence-corrected chi connectivity index (χ3v) is 1.45. The number of nitrogens with zero attached hydrogens (tertiary/aromatic N) is 1. The normalized spacial score (nSPS) is 15.9. The molecule has 0 bridgehead atoms. The molecular formula is C5H8N2O2S. The molecule has 1 aliphatic heterocycles. The maximum atomic E-state index is 10.8. The molecule has 0 radical (unpaired) electrons. The van der Waals surface area contributed by atoms with Gasteiger partial charge in [0.25, 0.3) is 0 Å². The Labute approximate surface area is 63.3 Å². The zero-order valence-electron chi connectivity index (χ0n) is 5.53. The van der Waals surface area contributed by atoms with Crippen LogP contribution in [0.3, 0.4) is 0 Å². The molecule has 1 N–H and O–H groups in total. The van der Waals surface area contributed by atoms with Crippen LogP contribution >= 0.6 is 11.9 Å². The SMILES string of the molecule is CCOC(=O)N1C=CSN1. The number of carbonyl (C=O) groups is 1. The van der Waals surface area contributed by atoms with Gasteiger partial charge in [0, 0.05) is 11.6 Å². The van der Waals surface area contributed by atoms with Crippen LogP contribution in [-0.4, -0.2) is 17.7 Å². The van der Waals surface area contributed by atoms with Crippen molar-refractivity contribution in [1.29, 1.82) is 0 Å². The van der Waals surface area contributed by atoms with Crippen molar-refractivity contribution in [1.82, 2.24) is 9.84 Å². The molecule has 5 heteroatoms. The van der Waals surface area contributed by atoms with Crippen molar-refractivity contribution >= 4 is 18.0 Å². The Morgan fingerprint density at radius 2 is 2.70 bits per heavy atom. The van der Waals surface area contributed by atoms with Gasteiger partial charge >= 0.3 is 6.09 Å². The molecular weight excluding hydrogens is 152 g/mol. The van der Waals surface area contributed by atoms with Crippen molar-refractivity contribution in [2.45, 2.75) is 6.92 Å². The molecule has 1 amide bonds. The van der Waals surface area contributed by atoms with E-state index in [9.17, 15) is 4.79 Å². The minimum Gasteiger partial charge on any atom is -0.448 e. The molecule has 0 aromatic rings. The van der Waals surface area contributed by atoms with E-state index in [0.717, 1.165) is 0 Å². The number of hydrazine groups is 1. The molecule has 0 aromatic heterocycles. The summed E-state index contributed by atoms with van der Waals surface area (Å²) >= 11 is 1.33. The molecule has 1 rings (SSSR count). The molecule has 1 heterocycles. The Morgan fingerprint density at radius 3 is 3.20 bits per heavy atom. The van der Waals surface area contributed by atoms with E-state index in [4.69, 9.17) is 0 Å². The summed E-state index contributed by atoms with van der Waals surface area (Å²) in [6, 6.07) is 0. The van der Waals surface area contributed by atoms with Gasteiger partial charge in [0.05, 0.1) is 6.61 Å². The maximum Gasteiger partial charge on any atom is 0.429 e. The fourth-order valence-corrected chi connectivity index (χ4v) is 0.992. The van der Waals surface area contributed by atoms with E-state index in [0.29, 0.717) is 6.61 Å². The zero-order valence-corrected chi connectivity index (χ0v) is 6.35. The lowest BCUT2D eigenvalue weighted by atomic mass is 10.8. The molecule has 56 valence electrons. The highest BCUT2D eigenvalue weighted by molar-refractivity contribution is 8.00. The van der Waals surface area contributed by atoms with Gasteiger partial charge in [-0.1, -0.05) is 0 Å². The monoisotopic (exact) mass is 160 g/mol. The average molecular weight is 160 g/mol. The summed E-state index contributed by atoms with van der Waals surface area (Å²) in [7, 11) is 0. The lowest BCUT2D eigenvalue weighted by Crippen LogP contribution is -2.31. The molecule has 0 aromatic carbocycles. The van der Waals surface area contributed by atoms with Crippen LogP contribution in [0, 0.1) is 0 Å². The highest BCUT2D eigenvalue weighted by Crippen LogP contribution is 2.08. The Kier molecular flexibility index (Phi) is 2.58. The predicted octanol–water partition coefficient (Wildman–Crippen LogP) is 1.08.